The number of fused-ring (bicyclic) bond motifs is 3. The lowest BCUT2D eigenvalue weighted by Gasteiger charge is -2.23. The second kappa shape index (κ2) is 5.01. The predicted octanol–water partition coefficient (Wildman–Crippen LogP) is 4.50. The van der Waals surface area contributed by atoms with Gasteiger partial charge in [-0.2, -0.15) is 0 Å². The topological polar surface area (TPSA) is 16.8 Å². The SMILES string of the molecule is Cc1ccc2c(n1)C(C)(C)c1c-2ccc(C)c1-c1cccc[n+]1C. The van der Waals surface area contributed by atoms with E-state index >= 15 is 0 Å². The summed E-state index contributed by atoms with van der Waals surface area (Å²) in [5, 5.41) is 0. The molecule has 0 unspecified atom stereocenters. The molecule has 24 heavy (non-hydrogen) atoms. The molecule has 2 nitrogen and oxygen atoms in total. The largest absolute Gasteiger partial charge is 0.257 e. The molecular formula is C22H23N2+. The van der Waals surface area contributed by atoms with Gasteiger partial charge in [0.2, 0.25) is 5.69 Å². The molecule has 4 rings (SSSR count). The van der Waals surface area contributed by atoms with Crippen LogP contribution in [0.3, 0.4) is 0 Å². The third-order valence-electron chi connectivity index (χ3n) is 5.27. The number of aromatic nitrogens is 2. The normalized spacial score (nSPS) is 14.4. The van der Waals surface area contributed by atoms with Crippen LogP contribution in [-0.4, -0.2) is 4.98 Å². The third-order valence-corrected chi connectivity index (χ3v) is 5.27. The van der Waals surface area contributed by atoms with Crippen LogP contribution in [0.2, 0.25) is 0 Å². The van der Waals surface area contributed by atoms with Gasteiger partial charge in [-0.3, -0.25) is 4.98 Å². The number of nitrogens with zero attached hydrogens (tertiary/aromatic N) is 2. The number of hydrogen-bond acceptors (Lipinski definition) is 1. The summed E-state index contributed by atoms with van der Waals surface area (Å²) in [7, 11) is 2.12. The van der Waals surface area contributed by atoms with Crippen LogP contribution in [0.15, 0.2) is 48.7 Å². The van der Waals surface area contributed by atoms with Crippen molar-refractivity contribution in [3.8, 4) is 22.4 Å². The fourth-order valence-electron chi connectivity index (χ4n) is 4.06. The van der Waals surface area contributed by atoms with Crippen LogP contribution in [0.25, 0.3) is 22.4 Å². The van der Waals surface area contributed by atoms with Gasteiger partial charge in [0.05, 0.1) is 11.3 Å². The highest BCUT2D eigenvalue weighted by atomic mass is 14.9. The van der Waals surface area contributed by atoms with Crippen molar-refractivity contribution >= 4 is 0 Å². The molecule has 0 saturated carbocycles. The van der Waals surface area contributed by atoms with E-state index in [1.807, 2.05) is 0 Å². The molecule has 0 bridgehead atoms. The van der Waals surface area contributed by atoms with Crippen LogP contribution in [0.1, 0.15) is 36.4 Å². The quantitative estimate of drug-likeness (QED) is 0.604. The molecule has 3 aromatic rings. The minimum atomic E-state index is -0.0963. The minimum absolute atomic E-state index is 0.0963. The molecule has 120 valence electrons. The third kappa shape index (κ3) is 1.96. The first-order valence-corrected chi connectivity index (χ1v) is 8.49. The second-order valence-electron chi connectivity index (χ2n) is 7.35. The van der Waals surface area contributed by atoms with E-state index in [4.69, 9.17) is 4.98 Å². The van der Waals surface area contributed by atoms with Crippen molar-refractivity contribution in [1.82, 2.24) is 4.98 Å². The molecule has 0 amide bonds. The maximum Gasteiger partial charge on any atom is 0.212 e. The van der Waals surface area contributed by atoms with E-state index < -0.39 is 0 Å². The summed E-state index contributed by atoms with van der Waals surface area (Å²) in [4.78, 5) is 4.90. The molecule has 2 aromatic heterocycles. The standard InChI is InChI=1S/C22H23N2/c1-14-9-11-16-17-12-10-15(2)23-21(17)22(3,4)20(16)19(14)18-8-6-7-13-24(18)5/h6-13H,1-5H3/q+1. The maximum absolute atomic E-state index is 4.90. The van der Waals surface area contributed by atoms with Gasteiger partial charge >= 0.3 is 0 Å². The lowest BCUT2D eigenvalue weighted by Crippen LogP contribution is -2.31. The minimum Gasteiger partial charge on any atom is -0.257 e. The lowest BCUT2D eigenvalue weighted by molar-refractivity contribution is -0.660. The van der Waals surface area contributed by atoms with Crippen LogP contribution in [0, 0.1) is 13.8 Å². The van der Waals surface area contributed by atoms with Crippen LogP contribution >= 0.6 is 0 Å². The van der Waals surface area contributed by atoms with Gasteiger partial charge in [0, 0.05) is 28.8 Å². The molecule has 2 heteroatoms. The molecule has 2 heterocycles. The van der Waals surface area contributed by atoms with E-state index in [9.17, 15) is 0 Å². The molecule has 0 fully saturated rings. The molecule has 0 radical (unpaired) electrons. The first-order chi connectivity index (χ1) is 11.4. The Morgan fingerprint density at radius 1 is 0.917 bits per heavy atom. The van der Waals surface area contributed by atoms with Gasteiger partial charge in [0.1, 0.15) is 7.05 Å². The molecule has 0 saturated heterocycles. The fourth-order valence-corrected chi connectivity index (χ4v) is 4.06. The van der Waals surface area contributed by atoms with Gasteiger partial charge in [0.15, 0.2) is 6.20 Å². The number of benzene rings is 1. The Balaban J connectivity index is 2.11. The average molecular weight is 315 g/mol. The molecule has 0 N–H and O–H groups in total. The lowest BCUT2D eigenvalue weighted by atomic mass is 9.80. The smallest absolute Gasteiger partial charge is 0.212 e. The Bertz CT molecular complexity index is 968. The summed E-state index contributed by atoms with van der Waals surface area (Å²) in [5.74, 6) is 0. The van der Waals surface area contributed by atoms with E-state index in [0.29, 0.717) is 0 Å². The molecule has 0 aliphatic heterocycles. The van der Waals surface area contributed by atoms with Crippen molar-refractivity contribution in [2.45, 2.75) is 33.1 Å². The zero-order chi connectivity index (χ0) is 17.1. The number of aryl methyl sites for hydroxylation is 3. The highest BCUT2D eigenvalue weighted by molar-refractivity contribution is 5.87. The summed E-state index contributed by atoms with van der Waals surface area (Å²) in [5.41, 5.74) is 10.1. The van der Waals surface area contributed by atoms with Gasteiger partial charge in [-0.15, -0.1) is 0 Å². The molecule has 0 spiro atoms. The average Bonchev–Trinajstić information content (AvgIpc) is 2.76. The molecular weight excluding hydrogens is 292 g/mol. The second-order valence-corrected chi connectivity index (χ2v) is 7.35. The van der Waals surface area contributed by atoms with Crippen LogP contribution in [0.4, 0.5) is 0 Å². The monoisotopic (exact) mass is 315 g/mol. The van der Waals surface area contributed by atoms with Crippen molar-refractivity contribution in [2.24, 2.45) is 7.05 Å². The molecule has 1 aliphatic carbocycles. The van der Waals surface area contributed by atoms with Crippen LogP contribution in [-0.2, 0) is 12.5 Å². The molecule has 0 atom stereocenters. The van der Waals surface area contributed by atoms with E-state index in [0.717, 1.165) is 5.69 Å². The first-order valence-electron chi connectivity index (χ1n) is 8.49. The van der Waals surface area contributed by atoms with Crippen molar-refractivity contribution in [3.05, 3.63) is 71.2 Å². The molecule has 1 aliphatic rings. The Kier molecular flexibility index (Phi) is 3.14. The summed E-state index contributed by atoms with van der Waals surface area (Å²) in [6.45, 7) is 8.88. The van der Waals surface area contributed by atoms with E-state index in [-0.39, 0.29) is 5.41 Å². The number of hydrogen-bond donors (Lipinski definition) is 0. The summed E-state index contributed by atoms with van der Waals surface area (Å²) < 4.78 is 2.21. The van der Waals surface area contributed by atoms with Gasteiger partial charge in [-0.25, -0.2) is 4.57 Å². The Labute approximate surface area is 143 Å². The Morgan fingerprint density at radius 3 is 2.42 bits per heavy atom. The van der Waals surface area contributed by atoms with Gasteiger partial charge in [-0.05, 0) is 42.7 Å². The number of pyridine rings is 2. The summed E-state index contributed by atoms with van der Waals surface area (Å²) >= 11 is 0. The Morgan fingerprint density at radius 2 is 1.67 bits per heavy atom. The van der Waals surface area contributed by atoms with Crippen molar-refractivity contribution < 1.29 is 4.57 Å². The number of rotatable bonds is 1. The Hall–Kier alpha value is -2.48. The van der Waals surface area contributed by atoms with Crippen molar-refractivity contribution in [1.29, 1.82) is 0 Å². The first kappa shape index (κ1) is 15.1. The fraction of sp³-hybridized carbons (Fsp3) is 0.273. The van der Waals surface area contributed by atoms with Crippen molar-refractivity contribution in [3.63, 3.8) is 0 Å². The zero-order valence-electron chi connectivity index (χ0n) is 15.0. The van der Waals surface area contributed by atoms with Gasteiger partial charge in [0.25, 0.3) is 0 Å². The highest BCUT2D eigenvalue weighted by Gasteiger charge is 2.40. The van der Waals surface area contributed by atoms with E-state index in [2.05, 4.69) is 88.0 Å². The van der Waals surface area contributed by atoms with Gasteiger partial charge in [-0.1, -0.05) is 32.0 Å². The predicted molar refractivity (Wildman–Crippen MR) is 97.9 cm³/mol. The van der Waals surface area contributed by atoms with Crippen LogP contribution in [0.5, 0.6) is 0 Å². The van der Waals surface area contributed by atoms with E-state index in [1.165, 1.54) is 39.2 Å². The molecule has 1 aromatic carbocycles. The summed E-state index contributed by atoms with van der Waals surface area (Å²) in [6, 6.07) is 15.3. The maximum atomic E-state index is 4.90. The zero-order valence-corrected chi connectivity index (χ0v) is 15.0. The van der Waals surface area contributed by atoms with Gasteiger partial charge < -0.3 is 0 Å². The highest BCUT2D eigenvalue weighted by Crippen LogP contribution is 2.51. The summed E-state index contributed by atoms with van der Waals surface area (Å²) in [6.07, 6.45) is 2.12. The van der Waals surface area contributed by atoms with Crippen LogP contribution < -0.4 is 4.57 Å². The van der Waals surface area contributed by atoms with E-state index in [1.54, 1.807) is 0 Å². The van der Waals surface area contributed by atoms with Crippen molar-refractivity contribution in [2.75, 3.05) is 0 Å².